The van der Waals surface area contributed by atoms with Gasteiger partial charge < -0.3 is 19.1 Å². The number of hydrogen-bond acceptors (Lipinski definition) is 5. The molecule has 0 saturated heterocycles. The van der Waals surface area contributed by atoms with Crippen LogP contribution >= 0.6 is 15.9 Å². The van der Waals surface area contributed by atoms with Gasteiger partial charge >= 0.3 is 5.97 Å². The quantitative estimate of drug-likeness (QED) is 0.925. The monoisotopic (exact) mass is 339 g/mol. The van der Waals surface area contributed by atoms with E-state index < -0.39 is 5.97 Å². The fourth-order valence-corrected chi connectivity index (χ4v) is 2.92. The van der Waals surface area contributed by atoms with E-state index in [4.69, 9.17) is 19.1 Å². The largest absolute Gasteiger partial charge is 0.475 e. The van der Waals surface area contributed by atoms with E-state index in [0.29, 0.717) is 17.2 Å². The van der Waals surface area contributed by atoms with Gasteiger partial charge in [0.2, 0.25) is 12.6 Å². The predicted octanol–water partition coefficient (Wildman–Crippen LogP) is 3.09. The second kappa shape index (κ2) is 4.82. The lowest BCUT2D eigenvalue weighted by Gasteiger charge is -2.10. The first-order chi connectivity index (χ1) is 9.61. The van der Waals surface area contributed by atoms with Gasteiger partial charge in [0.1, 0.15) is 5.69 Å². The molecule has 1 aliphatic rings. The highest BCUT2D eigenvalue weighted by Gasteiger charge is 2.24. The van der Waals surface area contributed by atoms with E-state index in [0.717, 1.165) is 22.0 Å². The molecule has 0 bridgehead atoms. The fraction of sp³-hybridized carbons (Fsp3) is 0.231. The molecule has 1 N–H and O–H groups in total. The number of carboxylic acid groups (broad SMARTS) is 1. The molecule has 20 heavy (non-hydrogen) atoms. The summed E-state index contributed by atoms with van der Waals surface area (Å²) in [5.41, 5.74) is 2.18. The lowest BCUT2D eigenvalue weighted by atomic mass is 10.0. The van der Waals surface area contributed by atoms with Gasteiger partial charge in [-0.15, -0.1) is 0 Å². The van der Waals surface area contributed by atoms with Crippen molar-refractivity contribution in [3.8, 4) is 22.8 Å². The van der Waals surface area contributed by atoms with E-state index in [9.17, 15) is 4.79 Å². The first-order valence-electron chi connectivity index (χ1n) is 5.93. The molecule has 6 nitrogen and oxygen atoms in total. The normalized spacial score (nSPS) is 12.7. The Morgan fingerprint density at radius 3 is 2.90 bits per heavy atom. The maximum Gasteiger partial charge on any atom is 0.374 e. The van der Waals surface area contributed by atoms with Crippen LogP contribution in [0.3, 0.4) is 0 Å². The number of halogens is 1. The van der Waals surface area contributed by atoms with Crippen molar-refractivity contribution in [2.75, 3.05) is 6.79 Å². The first-order valence-corrected chi connectivity index (χ1v) is 6.72. The van der Waals surface area contributed by atoms with Gasteiger partial charge in [0.05, 0.1) is 4.47 Å². The van der Waals surface area contributed by atoms with Crippen molar-refractivity contribution in [3.05, 3.63) is 27.9 Å². The molecule has 2 heterocycles. The number of hydrogen-bond donors (Lipinski definition) is 1. The zero-order valence-electron chi connectivity index (χ0n) is 10.5. The number of aromatic carboxylic acids is 1. The Labute approximate surface area is 122 Å². The Hall–Kier alpha value is -2.02. The van der Waals surface area contributed by atoms with Gasteiger partial charge in [-0.1, -0.05) is 12.1 Å². The molecule has 0 amide bonds. The van der Waals surface area contributed by atoms with Crippen molar-refractivity contribution in [1.82, 2.24) is 5.16 Å². The maximum absolute atomic E-state index is 10.9. The van der Waals surface area contributed by atoms with Crippen molar-refractivity contribution >= 4 is 21.9 Å². The van der Waals surface area contributed by atoms with Crippen LogP contribution in [0.5, 0.6) is 11.5 Å². The Kier molecular flexibility index (Phi) is 3.13. The fourth-order valence-electron chi connectivity index (χ4n) is 2.12. The minimum absolute atomic E-state index is 0.166. The highest BCUT2D eigenvalue weighted by Crippen LogP contribution is 2.45. The molecule has 2 aromatic rings. The van der Waals surface area contributed by atoms with E-state index in [1.807, 2.05) is 6.92 Å². The molecule has 0 atom stereocenters. The number of carbonyl (C=O) groups is 1. The van der Waals surface area contributed by atoms with Crippen LogP contribution in [0.1, 0.15) is 23.0 Å². The Morgan fingerprint density at radius 2 is 2.25 bits per heavy atom. The lowest BCUT2D eigenvalue weighted by Crippen LogP contribution is -1.93. The average molecular weight is 340 g/mol. The van der Waals surface area contributed by atoms with Gasteiger partial charge in [-0.3, -0.25) is 0 Å². The van der Waals surface area contributed by atoms with Crippen LogP contribution < -0.4 is 9.47 Å². The van der Waals surface area contributed by atoms with E-state index >= 15 is 0 Å². The lowest BCUT2D eigenvalue weighted by molar-refractivity contribution is 0.0652. The molecule has 0 fully saturated rings. The third-order valence-electron chi connectivity index (χ3n) is 3.06. The molecule has 0 aliphatic carbocycles. The molecule has 104 valence electrons. The number of rotatable bonds is 3. The van der Waals surface area contributed by atoms with Gasteiger partial charge in [0.25, 0.3) is 0 Å². The summed E-state index contributed by atoms with van der Waals surface area (Å²) < 4.78 is 16.4. The number of carboxylic acids is 1. The predicted molar refractivity (Wildman–Crippen MR) is 72.1 cm³/mol. The molecule has 1 aromatic heterocycles. The van der Waals surface area contributed by atoms with E-state index in [-0.39, 0.29) is 12.6 Å². The van der Waals surface area contributed by atoms with Crippen molar-refractivity contribution in [2.24, 2.45) is 0 Å². The van der Waals surface area contributed by atoms with Gasteiger partial charge in [-0.05, 0) is 34.0 Å². The molecule has 0 radical (unpaired) electrons. The topological polar surface area (TPSA) is 81.8 Å². The molecule has 1 aromatic carbocycles. The molecule has 0 unspecified atom stereocenters. The summed E-state index contributed by atoms with van der Waals surface area (Å²) in [6, 6.07) is 3.18. The van der Waals surface area contributed by atoms with Crippen LogP contribution in [0.2, 0.25) is 0 Å². The van der Waals surface area contributed by atoms with Crippen molar-refractivity contribution < 1.29 is 23.9 Å². The molecule has 0 spiro atoms. The minimum atomic E-state index is -1.15. The van der Waals surface area contributed by atoms with Crippen LogP contribution in [0, 0.1) is 0 Å². The van der Waals surface area contributed by atoms with E-state index in [2.05, 4.69) is 21.1 Å². The van der Waals surface area contributed by atoms with Crippen LogP contribution in [0.4, 0.5) is 0 Å². The summed E-state index contributed by atoms with van der Waals surface area (Å²) in [6.45, 7) is 2.16. The number of aromatic nitrogens is 1. The number of nitrogens with zero attached hydrogens (tertiary/aromatic N) is 1. The number of fused-ring (bicyclic) bond motifs is 1. The number of ether oxygens (including phenoxy) is 2. The van der Waals surface area contributed by atoms with Crippen LogP contribution in [-0.4, -0.2) is 23.0 Å². The zero-order chi connectivity index (χ0) is 14.3. The van der Waals surface area contributed by atoms with Crippen LogP contribution in [0.25, 0.3) is 11.3 Å². The summed E-state index contributed by atoms with van der Waals surface area (Å²) in [5, 5.41) is 12.7. The molecule has 1 aliphatic heterocycles. The SMILES string of the molecule is CCc1c(-c2cc(C(=O)O)on2)cc2c(c1Br)OCO2. The Morgan fingerprint density at radius 1 is 1.45 bits per heavy atom. The Balaban J connectivity index is 2.17. The first kappa shape index (κ1) is 13.0. The highest BCUT2D eigenvalue weighted by atomic mass is 79.9. The minimum Gasteiger partial charge on any atom is -0.475 e. The molecular formula is C13H10BrNO5. The Bertz CT molecular complexity index is 694. The van der Waals surface area contributed by atoms with Gasteiger partial charge in [0, 0.05) is 11.6 Å². The summed E-state index contributed by atoms with van der Waals surface area (Å²) in [5.74, 6) is -0.0889. The van der Waals surface area contributed by atoms with Crippen LogP contribution in [0.15, 0.2) is 21.1 Å². The molecular weight excluding hydrogens is 330 g/mol. The second-order valence-electron chi connectivity index (χ2n) is 4.19. The average Bonchev–Trinajstić information content (AvgIpc) is 3.07. The maximum atomic E-state index is 10.9. The summed E-state index contributed by atoms with van der Waals surface area (Å²) in [7, 11) is 0. The van der Waals surface area contributed by atoms with Gasteiger partial charge in [-0.2, -0.15) is 0 Å². The van der Waals surface area contributed by atoms with Crippen molar-refractivity contribution in [2.45, 2.75) is 13.3 Å². The van der Waals surface area contributed by atoms with Crippen LogP contribution in [-0.2, 0) is 6.42 Å². The second-order valence-corrected chi connectivity index (χ2v) is 4.98. The third-order valence-corrected chi connectivity index (χ3v) is 3.90. The van der Waals surface area contributed by atoms with Gasteiger partial charge in [0.15, 0.2) is 11.5 Å². The summed E-state index contributed by atoms with van der Waals surface area (Å²) >= 11 is 3.50. The summed E-state index contributed by atoms with van der Waals surface area (Å²) in [6.07, 6.45) is 0.724. The highest BCUT2D eigenvalue weighted by molar-refractivity contribution is 9.10. The van der Waals surface area contributed by atoms with Crippen molar-refractivity contribution in [1.29, 1.82) is 0 Å². The zero-order valence-corrected chi connectivity index (χ0v) is 12.1. The summed E-state index contributed by atoms with van der Waals surface area (Å²) in [4.78, 5) is 10.9. The number of benzene rings is 1. The molecule has 3 rings (SSSR count). The van der Waals surface area contributed by atoms with E-state index in [1.54, 1.807) is 6.07 Å². The van der Waals surface area contributed by atoms with E-state index in [1.165, 1.54) is 6.07 Å². The van der Waals surface area contributed by atoms with Gasteiger partial charge in [-0.25, -0.2) is 4.79 Å². The third kappa shape index (κ3) is 1.94. The smallest absolute Gasteiger partial charge is 0.374 e. The molecule has 7 heteroatoms. The standard InChI is InChI=1S/C13H10BrNO5/c1-2-6-7(8-4-10(13(16)17)20-15-8)3-9-12(11(6)14)19-5-18-9/h3-4H,2,5H2,1H3,(H,16,17). The van der Waals surface area contributed by atoms with Crippen molar-refractivity contribution in [3.63, 3.8) is 0 Å². The molecule has 0 saturated carbocycles.